The van der Waals surface area contributed by atoms with Crippen LogP contribution in [0.5, 0.6) is 0 Å². The molecule has 1 saturated carbocycles. The van der Waals surface area contributed by atoms with Crippen molar-refractivity contribution in [1.82, 2.24) is 4.98 Å². The zero-order valence-corrected chi connectivity index (χ0v) is 17.9. The summed E-state index contributed by atoms with van der Waals surface area (Å²) < 4.78 is 56.7. The molecule has 0 spiro atoms. The highest BCUT2D eigenvalue weighted by Crippen LogP contribution is 2.34. The molecule has 1 aromatic carbocycles. The van der Waals surface area contributed by atoms with Crippen LogP contribution in [0.1, 0.15) is 18.4 Å². The molecule has 6 nitrogen and oxygen atoms in total. The highest BCUT2D eigenvalue weighted by molar-refractivity contribution is 7.91. The van der Waals surface area contributed by atoms with Gasteiger partial charge in [0.05, 0.1) is 17.3 Å². The van der Waals surface area contributed by atoms with Crippen molar-refractivity contribution in [3.63, 3.8) is 0 Å². The summed E-state index contributed by atoms with van der Waals surface area (Å²) in [5.74, 6) is -1.07. The number of carbonyl (C=O) groups is 1. The smallest absolute Gasteiger partial charge is 0.257 e. The maximum Gasteiger partial charge on any atom is 0.257 e. The first-order chi connectivity index (χ1) is 14.3. The van der Waals surface area contributed by atoms with Gasteiger partial charge in [0.25, 0.3) is 5.91 Å². The highest BCUT2D eigenvalue weighted by Gasteiger charge is 2.34. The van der Waals surface area contributed by atoms with Gasteiger partial charge in [-0.3, -0.25) is 10.1 Å². The Balaban J connectivity index is 1.88. The van der Waals surface area contributed by atoms with E-state index in [1.54, 1.807) is 17.7 Å². The second-order valence-corrected chi connectivity index (χ2v) is 9.97. The lowest BCUT2D eigenvalue weighted by molar-refractivity contribution is -0.111. The number of carbonyl (C=O) groups excluding carboxylic acids is 1. The molecule has 1 aliphatic carbocycles. The number of sulfone groups is 1. The minimum absolute atomic E-state index is 0.00131. The van der Waals surface area contributed by atoms with Gasteiger partial charge in [0.15, 0.2) is 15.0 Å². The number of aromatic nitrogens is 1. The first-order valence-corrected chi connectivity index (χ1v) is 11.9. The lowest BCUT2D eigenvalue weighted by Crippen LogP contribution is -2.15. The van der Waals surface area contributed by atoms with E-state index in [0.717, 1.165) is 0 Å². The number of allylic oxidation sites excluding steroid dienone is 1. The molecule has 1 N–H and O–H groups in total. The molecule has 0 bridgehead atoms. The van der Waals surface area contributed by atoms with Gasteiger partial charge in [-0.2, -0.15) is 0 Å². The molecule has 162 valence electrons. The van der Waals surface area contributed by atoms with Crippen LogP contribution in [0.15, 0.2) is 46.8 Å². The predicted molar refractivity (Wildman–Crippen MR) is 112 cm³/mol. The molecule has 0 aliphatic heterocycles. The number of hydrogen-bond donors (Lipinski definition) is 1. The van der Waals surface area contributed by atoms with E-state index in [-0.39, 0.29) is 35.7 Å². The van der Waals surface area contributed by atoms with Gasteiger partial charge < -0.3 is 4.74 Å². The molecule has 0 radical (unpaired) electrons. The van der Waals surface area contributed by atoms with Gasteiger partial charge in [-0.15, -0.1) is 11.3 Å². The van der Waals surface area contributed by atoms with Crippen LogP contribution in [0, 0.1) is 5.92 Å². The van der Waals surface area contributed by atoms with E-state index in [0.29, 0.717) is 10.7 Å². The van der Waals surface area contributed by atoms with Crippen molar-refractivity contribution in [1.29, 1.82) is 0 Å². The molecule has 0 saturated heterocycles. The molecule has 3 rings (SSSR count). The van der Waals surface area contributed by atoms with Crippen LogP contribution in [0.4, 0.5) is 13.9 Å². The van der Waals surface area contributed by atoms with E-state index >= 15 is 0 Å². The number of ether oxygens (including phenoxy) is 1. The SMILES string of the molecule is COCCS(=O)(=O)c1ccc(/C(=C\C2CC(F)C(F)C2)C(=O)Nc2nccs2)cc1. The Bertz CT molecular complexity index is 982. The van der Waals surface area contributed by atoms with Crippen molar-refractivity contribution in [2.75, 3.05) is 24.8 Å². The average molecular weight is 457 g/mol. The van der Waals surface area contributed by atoms with E-state index in [1.165, 1.54) is 42.7 Å². The van der Waals surface area contributed by atoms with Crippen LogP contribution >= 0.6 is 11.3 Å². The minimum atomic E-state index is -3.52. The van der Waals surface area contributed by atoms with Crippen molar-refractivity contribution in [3.8, 4) is 0 Å². The highest BCUT2D eigenvalue weighted by atomic mass is 32.2. The molecule has 30 heavy (non-hydrogen) atoms. The summed E-state index contributed by atoms with van der Waals surface area (Å²) in [5, 5.41) is 4.76. The van der Waals surface area contributed by atoms with Crippen LogP contribution in [0.3, 0.4) is 0 Å². The number of halogens is 2. The predicted octanol–water partition coefficient (Wildman–Crippen LogP) is 3.67. The van der Waals surface area contributed by atoms with E-state index in [1.807, 2.05) is 0 Å². The van der Waals surface area contributed by atoms with Gasteiger partial charge in [-0.1, -0.05) is 18.2 Å². The standard InChI is InChI=1S/C20H22F2N2O4S2/c1-28-7-9-30(26,27)15-4-2-14(3-5-15)16(10-13-11-17(21)18(22)12-13)19(25)24-20-23-6-8-29-20/h2-6,8,10,13,17-18H,7,9,11-12H2,1H3,(H,23,24,25)/b16-10+. The molecule has 2 unspecified atom stereocenters. The van der Waals surface area contributed by atoms with Crippen LogP contribution in [0.25, 0.3) is 5.57 Å². The molecule has 10 heteroatoms. The lowest BCUT2D eigenvalue weighted by Gasteiger charge is -2.12. The Labute approximate surface area is 177 Å². The summed E-state index contributed by atoms with van der Waals surface area (Å²) in [4.78, 5) is 17.0. The molecular formula is C20H22F2N2O4S2. The van der Waals surface area contributed by atoms with Gasteiger partial charge in [0.1, 0.15) is 12.3 Å². The maximum atomic E-state index is 13.6. The van der Waals surface area contributed by atoms with Crippen LogP contribution in [-0.4, -0.2) is 51.1 Å². The molecule has 2 aromatic rings. The third kappa shape index (κ3) is 5.50. The second kappa shape index (κ2) is 9.76. The van der Waals surface area contributed by atoms with Gasteiger partial charge in [0, 0.05) is 24.3 Å². The fourth-order valence-electron chi connectivity index (χ4n) is 3.25. The summed E-state index contributed by atoms with van der Waals surface area (Å²) in [6.07, 6.45) is -0.00608. The van der Waals surface area contributed by atoms with Gasteiger partial charge in [0.2, 0.25) is 0 Å². The summed E-state index contributed by atoms with van der Waals surface area (Å²) in [7, 11) is -2.10. The number of nitrogens with one attached hydrogen (secondary N) is 1. The number of benzene rings is 1. The normalized spacial score (nSPS) is 22.2. The summed E-state index contributed by atoms with van der Waals surface area (Å²) in [5.41, 5.74) is 0.671. The van der Waals surface area contributed by atoms with Gasteiger partial charge in [-0.05, 0) is 36.5 Å². The van der Waals surface area contributed by atoms with E-state index in [4.69, 9.17) is 4.74 Å². The Kier molecular flexibility index (Phi) is 7.32. The monoisotopic (exact) mass is 456 g/mol. The number of hydrogen-bond acceptors (Lipinski definition) is 6. The van der Waals surface area contributed by atoms with Crippen molar-refractivity contribution >= 4 is 37.8 Å². The zero-order valence-electron chi connectivity index (χ0n) is 16.3. The number of alkyl halides is 2. The molecular weight excluding hydrogens is 434 g/mol. The Morgan fingerprint density at radius 3 is 2.50 bits per heavy atom. The second-order valence-electron chi connectivity index (χ2n) is 6.97. The van der Waals surface area contributed by atoms with Crippen LogP contribution in [-0.2, 0) is 19.4 Å². The molecule has 1 fully saturated rings. The van der Waals surface area contributed by atoms with Crippen molar-refractivity contribution in [2.24, 2.45) is 5.92 Å². The number of anilines is 1. The summed E-state index contributed by atoms with van der Waals surface area (Å²) in [6.45, 7) is 0.0714. The lowest BCUT2D eigenvalue weighted by atomic mass is 9.98. The summed E-state index contributed by atoms with van der Waals surface area (Å²) >= 11 is 1.24. The topological polar surface area (TPSA) is 85.4 Å². The fourth-order valence-corrected chi connectivity index (χ4v) is 4.94. The third-order valence-corrected chi connectivity index (χ3v) is 7.21. The molecule has 1 aliphatic rings. The van der Waals surface area contributed by atoms with Crippen LogP contribution in [0.2, 0.25) is 0 Å². The molecule has 2 atom stereocenters. The van der Waals surface area contributed by atoms with E-state index in [2.05, 4.69) is 10.3 Å². The third-order valence-electron chi connectivity index (χ3n) is 4.83. The Hall–Kier alpha value is -2.17. The van der Waals surface area contributed by atoms with Crippen molar-refractivity contribution in [2.45, 2.75) is 30.1 Å². The van der Waals surface area contributed by atoms with Gasteiger partial charge in [-0.25, -0.2) is 22.2 Å². The zero-order chi connectivity index (χ0) is 21.7. The quantitative estimate of drug-likeness (QED) is 0.613. The molecule has 1 heterocycles. The Morgan fingerprint density at radius 2 is 1.93 bits per heavy atom. The van der Waals surface area contributed by atoms with E-state index in [9.17, 15) is 22.0 Å². The Morgan fingerprint density at radius 1 is 1.27 bits per heavy atom. The number of amides is 1. The number of methoxy groups -OCH3 is 1. The largest absolute Gasteiger partial charge is 0.384 e. The van der Waals surface area contributed by atoms with Crippen molar-refractivity contribution < 1.29 is 26.7 Å². The first-order valence-electron chi connectivity index (χ1n) is 9.33. The fraction of sp³-hybridized carbons (Fsp3) is 0.400. The number of nitrogens with zero attached hydrogens (tertiary/aromatic N) is 1. The van der Waals surface area contributed by atoms with Gasteiger partial charge >= 0.3 is 0 Å². The van der Waals surface area contributed by atoms with Crippen LogP contribution < -0.4 is 5.32 Å². The summed E-state index contributed by atoms with van der Waals surface area (Å²) in [6, 6.07) is 5.86. The minimum Gasteiger partial charge on any atom is -0.384 e. The van der Waals surface area contributed by atoms with E-state index < -0.39 is 34.0 Å². The molecule has 1 amide bonds. The first kappa shape index (κ1) is 22.5. The number of rotatable bonds is 8. The van der Waals surface area contributed by atoms with Crippen molar-refractivity contribution in [3.05, 3.63) is 47.5 Å². The maximum absolute atomic E-state index is 13.6. The number of thiazole rings is 1. The molecule has 1 aromatic heterocycles. The average Bonchev–Trinajstić information content (AvgIpc) is 3.34.